The topological polar surface area (TPSA) is 23.5 Å². The molecule has 0 aromatic heterocycles. The number of hydrogen-bond acceptors (Lipinski definition) is 2. The van der Waals surface area contributed by atoms with E-state index in [0.29, 0.717) is 16.3 Å². The molecule has 0 amide bonds. The molecule has 0 radical (unpaired) electrons. The van der Waals surface area contributed by atoms with Gasteiger partial charge in [0.25, 0.3) is 0 Å². The first-order valence-corrected chi connectivity index (χ1v) is 6.02. The zero-order chi connectivity index (χ0) is 13.3. The normalized spacial score (nSPS) is 15.8. The van der Waals surface area contributed by atoms with Crippen molar-refractivity contribution in [1.82, 2.24) is 0 Å². The third-order valence-corrected chi connectivity index (χ3v) is 3.25. The number of aliphatic hydroxyl groups excluding tert-OH is 1. The first-order valence-electron chi connectivity index (χ1n) is 5.64. The second kappa shape index (κ2) is 4.97. The second-order valence-corrected chi connectivity index (χ2v) is 4.78. The first kappa shape index (κ1) is 13.5. The lowest BCUT2D eigenvalue weighted by Crippen LogP contribution is -2.36. The van der Waals surface area contributed by atoms with Crippen LogP contribution in [0.15, 0.2) is 18.2 Å². The van der Waals surface area contributed by atoms with Crippen LogP contribution in [0.5, 0.6) is 0 Å². The second-order valence-electron chi connectivity index (χ2n) is 4.37. The quantitative estimate of drug-likeness (QED) is 0.913. The zero-order valence-corrected chi connectivity index (χ0v) is 10.3. The minimum absolute atomic E-state index is 0.101. The van der Waals surface area contributed by atoms with Crippen molar-refractivity contribution in [2.75, 3.05) is 11.4 Å². The lowest BCUT2D eigenvalue weighted by Gasteiger charge is -2.28. The van der Waals surface area contributed by atoms with Crippen LogP contribution in [0.3, 0.4) is 0 Å². The summed E-state index contributed by atoms with van der Waals surface area (Å²) in [5.74, 6) is 0. The fourth-order valence-electron chi connectivity index (χ4n) is 1.96. The highest BCUT2D eigenvalue weighted by molar-refractivity contribution is 6.31. The Balaban J connectivity index is 2.33. The van der Waals surface area contributed by atoms with Crippen molar-refractivity contribution in [3.63, 3.8) is 0 Å². The van der Waals surface area contributed by atoms with Crippen LogP contribution in [-0.2, 0) is 6.61 Å². The Morgan fingerprint density at radius 2 is 2.00 bits per heavy atom. The van der Waals surface area contributed by atoms with Gasteiger partial charge in [0.2, 0.25) is 0 Å². The summed E-state index contributed by atoms with van der Waals surface area (Å²) in [6, 6.07) is 4.63. The highest BCUT2D eigenvalue weighted by atomic mass is 35.5. The van der Waals surface area contributed by atoms with Crippen molar-refractivity contribution in [3.05, 3.63) is 28.8 Å². The van der Waals surface area contributed by atoms with E-state index in [2.05, 4.69) is 0 Å². The Bertz CT molecular complexity index is 432. The van der Waals surface area contributed by atoms with Gasteiger partial charge in [-0.1, -0.05) is 17.7 Å². The average Bonchev–Trinajstić information content (AvgIpc) is 3.08. The van der Waals surface area contributed by atoms with Crippen molar-refractivity contribution >= 4 is 17.3 Å². The van der Waals surface area contributed by atoms with E-state index < -0.39 is 12.7 Å². The predicted molar refractivity (Wildman–Crippen MR) is 63.8 cm³/mol. The van der Waals surface area contributed by atoms with Crippen LogP contribution in [0.25, 0.3) is 0 Å². The van der Waals surface area contributed by atoms with E-state index in [1.54, 1.807) is 18.2 Å². The van der Waals surface area contributed by atoms with Crippen LogP contribution < -0.4 is 4.90 Å². The molecule has 1 aliphatic rings. The van der Waals surface area contributed by atoms with Gasteiger partial charge in [-0.25, -0.2) is 0 Å². The summed E-state index contributed by atoms with van der Waals surface area (Å²) in [7, 11) is 0. The van der Waals surface area contributed by atoms with Crippen LogP contribution in [0, 0.1) is 0 Å². The van der Waals surface area contributed by atoms with Crippen molar-refractivity contribution in [3.8, 4) is 0 Å². The molecule has 1 aliphatic carbocycles. The molecule has 1 aromatic carbocycles. The summed E-state index contributed by atoms with van der Waals surface area (Å²) in [4.78, 5) is 1.29. The van der Waals surface area contributed by atoms with E-state index >= 15 is 0 Å². The van der Waals surface area contributed by atoms with Gasteiger partial charge in [0.05, 0.1) is 6.61 Å². The number of rotatable bonds is 4. The Labute approximate surface area is 108 Å². The van der Waals surface area contributed by atoms with Gasteiger partial charge in [0, 0.05) is 22.3 Å². The van der Waals surface area contributed by atoms with E-state index in [9.17, 15) is 18.3 Å². The van der Waals surface area contributed by atoms with Crippen molar-refractivity contribution in [2.24, 2.45) is 0 Å². The summed E-state index contributed by atoms with van der Waals surface area (Å²) in [5.41, 5.74) is 0.736. The summed E-state index contributed by atoms with van der Waals surface area (Å²) in [6.45, 7) is -1.37. The molecule has 0 unspecified atom stereocenters. The fourth-order valence-corrected chi connectivity index (χ4v) is 2.19. The lowest BCUT2D eigenvalue weighted by atomic mass is 10.1. The minimum Gasteiger partial charge on any atom is -0.392 e. The van der Waals surface area contributed by atoms with Gasteiger partial charge in [0.15, 0.2) is 0 Å². The number of hydrogen-bond donors (Lipinski definition) is 1. The van der Waals surface area contributed by atoms with Gasteiger partial charge < -0.3 is 10.0 Å². The summed E-state index contributed by atoms with van der Waals surface area (Å²) in [6.07, 6.45) is -2.78. The molecule has 2 rings (SSSR count). The molecule has 2 nitrogen and oxygen atoms in total. The molecule has 0 aliphatic heterocycles. The number of anilines is 1. The summed E-state index contributed by atoms with van der Waals surface area (Å²) >= 11 is 5.90. The minimum atomic E-state index is -4.27. The Kier molecular flexibility index (Phi) is 3.73. The van der Waals surface area contributed by atoms with E-state index in [1.807, 2.05) is 0 Å². The van der Waals surface area contributed by atoms with E-state index in [1.165, 1.54) is 4.90 Å². The number of nitrogens with zero attached hydrogens (tertiary/aromatic N) is 1. The van der Waals surface area contributed by atoms with Gasteiger partial charge in [0.1, 0.15) is 6.54 Å². The molecule has 0 spiro atoms. The Hall–Kier alpha value is -0.940. The summed E-state index contributed by atoms with van der Waals surface area (Å²) in [5, 5.41) is 9.55. The first-order chi connectivity index (χ1) is 8.42. The number of benzene rings is 1. The molecule has 1 fully saturated rings. The third-order valence-electron chi connectivity index (χ3n) is 2.90. The van der Waals surface area contributed by atoms with Crippen molar-refractivity contribution in [1.29, 1.82) is 0 Å². The maximum Gasteiger partial charge on any atom is 0.405 e. The van der Waals surface area contributed by atoms with Gasteiger partial charge in [-0.3, -0.25) is 0 Å². The predicted octanol–water partition coefficient (Wildman–Crippen LogP) is 3.36. The Morgan fingerprint density at radius 3 is 2.50 bits per heavy atom. The Morgan fingerprint density at radius 1 is 1.33 bits per heavy atom. The van der Waals surface area contributed by atoms with Gasteiger partial charge in [-0.15, -0.1) is 0 Å². The molecule has 0 heterocycles. The maximum absolute atomic E-state index is 12.6. The van der Waals surface area contributed by atoms with E-state index in [-0.39, 0.29) is 12.6 Å². The zero-order valence-electron chi connectivity index (χ0n) is 9.54. The van der Waals surface area contributed by atoms with Crippen molar-refractivity contribution < 1.29 is 18.3 Å². The largest absolute Gasteiger partial charge is 0.405 e. The van der Waals surface area contributed by atoms with Crippen LogP contribution in [0.2, 0.25) is 5.02 Å². The van der Waals surface area contributed by atoms with Gasteiger partial charge in [-0.05, 0) is 25.0 Å². The van der Waals surface area contributed by atoms with Crippen LogP contribution in [-0.4, -0.2) is 23.9 Å². The average molecular weight is 280 g/mol. The van der Waals surface area contributed by atoms with Gasteiger partial charge in [-0.2, -0.15) is 13.2 Å². The molecule has 1 saturated carbocycles. The standard InChI is InChI=1S/C12H13ClF3NO/c13-10-2-1-3-11(9(10)6-18)17(8-4-5-8)7-12(14,15)16/h1-3,8,18H,4-7H2. The highest BCUT2D eigenvalue weighted by Crippen LogP contribution is 2.37. The molecule has 0 saturated heterocycles. The smallest absolute Gasteiger partial charge is 0.392 e. The van der Waals surface area contributed by atoms with Crippen LogP contribution in [0.1, 0.15) is 18.4 Å². The summed E-state index contributed by atoms with van der Waals surface area (Å²) < 4.78 is 37.7. The molecule has 1 N–H and O–H groups in total. The number of aliphatic hydroxyl groups is 1. The number of halogens is 4. The highest BCUT2D eigenvalue weighted by Gasteiger charge is 2.39. The SMILES string of the molecule is OCc1c(Cl)cccc1N(CC(F)(F)F)C1CC1. The van der Waals surface area contributed by atoms with Crippen molar-refractivity contribution in [2.45, 2.75) is 31.7 Å². The molecule has 0 bridgehead atoms. The molecule has 100 valence electrons. The third kappa shape index (κ3) is 3.09. The molecule has 18 heavy (non-hydrogen) atoms. The van der Waals surface area contributed by atoms with Crippen LogP contribution >= 0.6 is 11.6 Å². The van der Waals surface area contributed by atoms with E-state index in [4.69, 9.17) is 11.6 Å². The number of alkyl halides is 3. The lowest BCUT2D eigenvalue weighted by molar-refractivity contribution is -0.120. The van der Waals surface area contributed by atoms with E-state index in [0.717, 1.165) is 12.8 Å². The maximum atomic E-state index is 12.6. The van der Waals surface area contributed by atoms with Crippen LogP contribution in [0.4, 0.5) is 18.9 Å². The monoisotopic (exact) mass is 279 g/mol. The molecular weight excluding hydrogens is 267 g/mol. The molecule has 0 atom stereocenters. The van der Waals surface area contributed by atoms with Gasteiger partial charge >= 0.3 is 6.18 Å². The fraction of sp³-hybridized carbons (Fsp3) is 0.500. The molecule has 1 aromatic rings. The molecular formula is C12H13ClF3NO. The molecule has 6 heteroatoms.